The molecule has 1 fully saturated rings. The zero-order chi connectivity index (χ0) is 16.4. The predicted molar refractivity (Wildman–Crippen MR) is 84.2 cm³/mol. The summed E-state index contributed by atoms with van der Waals surface area (Å²) in [5.74, 6) is 0.449. The van der Waals surface area contributed by atoms with Crippen molar-refractivity contribution in [3.63, 3.8) is 0 Å². The smallest absolute Gasteiger partial charge is 0.356 e. The SMILES string of the molecule is CCCCN1CCCCC1CNC(=NC)NCCC(F)(F)F. The maximum Gasteiger partial charge on any atom is 0.390 e. The van der Waals surface area contributed by atoms with Gasteiger partial charge in [-0.3, -0.25) is 9.89 Å². The van der Waals surface area contributed by atoms with Crippen LogP contribution in [0.1, 0.15) is 45.4 Å². The van der Waals surface area contributed by atoms with E-state index in [0.717, 1.165) is 26.1 Å². The van der Waals surface area contributed by atoms with E-state index in [4.69, 9.17) is 0 Å². The standard InChI is InChI=1S/C15H29F3N4/c1-3-4-10-22-11-6-5-7-13(22)12-21-14(19-2)20-9-8-15(16,17)18/h13H,3-12H2,1-2H3,(H2,19,20,21). The summed E-state index contributed by atoms with van der Waals surface area (Å²) in [6, 6.07) is 0.446. The number of hydrogen-bond acceptors (Lipinski definition) is 2. The molecule has 2 N–H and O–H groups in total. The minimum atomic E-state index is -4.13. The second kappa shape index (κ2) is 9.92. The molecule has 4 nitrogen and oxygen atoms in total. The number of nitrogens with zero attached hydrogens (tertiary/aromatic N) is 2. The molecule has 1 atom stereocenters. The largest absolute Gasteiger partial charge is 0.390 e. The Kier molecular flexibility index (Phi) is 8.60. The number of rotatable bonds is 7. The molecule has 1 saturated heterocycles. The summed E-state index contributed by atoms with van der Waals surface area (Å²) < 4.78 is 36.4. The van der Waals surface area contributed by atoms with E-state index in [9.17, 15) is 13.2 Å². The van der Waals surface area contributed by atoms with Gasteiger partial charge in [0.2, 0.25) is 0 Å². The van der Waals surface area contributed by atoms with Gasteiger partial charge in [0, 0.05) is 26.2 Å². The number of hydrogen-bond donors (Lipinski definition) is 2. The Balaban J connectivity index is 2.34. The first-order valence-corrected chi connectivity index (χ1v) is 8.21. The van der Waals surface area contributed by atoms with E-state index < -0.39 is 12.6 Å². The Labute approximate surface area is 131 Å². The van der Waals surface area contributed by atoms with Gasteiger partial charge in [-0.25, -0.2) is 0 Å². The van der Waals surface area contributed by atoms with Crippen LogP contribution in [-0.4, -0.2) is 56.3 Å². The van der Waals surface area contributed by atoms with Crippen LogP contribution in [0.3, 0.4) is 0 Å². The lowest BCUT2D eigenvalue weighted by Crippen LogP contribution is -2.49. The molecule has 130 valence electrons. The molecular formula is C15H29F3N4. The predicted octanol–water partition coefficient (Wildman–Crippen LogP) is 2.76. The zero-order valence-electron chi connectivity index (χ0n) is 13.7. The molecule has 1 unspecified atom stereocenters. The number of aliphatic imine (C=N–C) groups is 1. The molecule has 7 heteroatoms. The fourth-order valence-electron chi connectivity index (χ4n) is 2.70. The van der Waals surface area contributed by atoms with Crippen molar-refractivity contribution in [1.82, 2.24) is 15.5 Å². The lowest BCUT2D eigenvalue weighted by Gasteiger charge is -2.36. The molecule has 1 rings (SSSR count). The summed E-state index contributed by atoms with van der Waals surface area (Å²) in [4.78, 5) is 6.48. The molecule has 0 bridgehead atoms. The van der Waals surface area contributed by atoms with Crippen LogP contribution in [0.15, 0.2) is 4.99 Å². The molecule has 0 amide bonds. The molecule has 1 heterocycles. The first kappa shape index (κ1) is 19.1. The number of guanidine groups is 1. The third-order valence-corrected chi connectivity index (χ3v) is 3.98. The van der Waals surface area contributed by atoms with Gasteiger partial charge in [-0.15, -0.1) is 0 Å². The van der Waals surface area contributed by atoms with Gasteiger partial charge in [0.05, 0.1) is 6.42 Å². The molecule has 0 radical (unpaired) electrons. The normalized spacial score (nSPS) is 21.0. The van der Waals surface area contributed by atoms with Crippen LogP contribution < -0.4 is 10.6 Å². The van der Waals surface area contributed by atoms with Gasteiger partial charge < -0.3 is 10.6 Å². The molecule has 0 saturated carbocycles. The maximum absolute atomic E-state index is 12.1. The first-order chi connectivity index (χ1) is 10.5. The molecular weight excluding hydrogens is 293 g/mol. The highest BCUT2D eigenvalue weighted by Gasteiger charge is 2.26. The van der Waals surface area contributed by atoms with E-state index in [1.54, 1.807) is 7.05 Å². The van der Waals surface area contributed by atoms with Crippen molar-refractivity contribution in [3.05, 3.63) is 0 Å². The van der Waals surface area contributed by atoms with Crippen molar-refractivity contribution in [2.75, 3.05) is 33.2 Å². The van der Waals surface area contributed by atoms with Crippen molar-refractivity contribution in [2.45, 2.75) is 57.7 Å². The lowest BCUT2D eigenvalue weighted by molar-refractivity contribution is -0.132. The highest BCUT2D eigenvalue weighted by atomic mass is 19.4. The van der Waals surface area contributed by atoms with Gasteiger partial charge in [-0.2, -0.15) is 13.2 Å². The molecule has 0 aromatic heterocycles. The lowest BCUT2D eigenvalue weighted by atomic mass is 10.0. The Hall–Kier alpha value is -0.980. The molecule has 0 aromatic rings. The van der Waals surface area contributed by atoms with Crippen LogP contribution in [0.5, 0.6) is 0 Å². The van der Waals surface area contributed by atoms with Crippen LogP contribution in [0.4, 0.5) is 13.2 Å². The molecule has 0 spiro atoms. The maximum atomic E-state index is 12.1. The van der Waals surface area contributed by atoms with E-state index in [-0.39, 0.29) is 6.54 Å². The van der Waals surface area contributed by atoms with E-state index in [0.29, 0.717) is 12.0 Å². The first-order valence-electron chi connectivity index (χ1n) is 8.21. The fourth-order valence-corrected chi connectivity index (χ4v) is 2.70. The highest BCUT2D eigenvalue weighted by Crippen LogP contribution is 2.18. The molecule has 0 aromatic carbocycles. The number of alkyl halides is 3. The van der Waals surface area contributed by atoms with Crippen molar-refractivity contribution >= 4 is 5.96 Å². The van der Waals surface area contributed by atoms with Crippen LogP contribution in [-0.2, 0) is 0 Å². The van der Waals surface area contributed by atoms with Gasteiger partial charge in [0.25, 0.3) is 0 Å². The third-order valence-electron chi connectivity index (χ3n) is 3.98. The average Bonchev–Trinajstić information content (AvgIpc) is 2.48. The van der Waals surface area contributed by atoms with Crippen molar-refractivity contribution in [1.29, 1.82) is 0 Å². The van der Waals surface area contributed by atoms with Crippen LogP contribution in [0, 0.1) is 0 Å². The Morgan fingerprint density at radius 3 is 2.68 bits per heavy atom. The Bertz CT molecular complexity index is 331. The molecule has 22 heavy (non-hydrogen) atoms. The van der Waals surface area contributed by atoms with E-state index in [1.807, 2.05) is 0 Å². The van der Waals surface area contributed by atoms with E-state index in [1.165, 1.54) is 25.7 Å². The van der Waals surface area contributed by atoms with Gasteiger partial charge in [0.15, 0.2) is 5.96 Å². The fraction of sp³-hybridized carbons (Fsp3) is 0.933. The summed E-state index contributed by atoms with van der Waals surface area (Å²) in [5.41, 5.74) is 0. The van der Waals surface area contributed by atoms with Crippen molar-refractivity contribution in [2.24, 2.45) is 4.99 Å². The summed E-state index contributed by atoms with van der Waals surface area (Å²) >= 11 is 0. The molecule has 1 aliphatic heterocycles. The second-order valence-corrected chi connectivity index (χ2v) is 5.78. The summed E-state index contributed by atoms with van der Waals surface area (Å²) in [7, 11) is 1.58. The van der Waals surface area contributed by atoms with E-state index >= 15 is 0 Å². The topological polar surface area (TPSA) is 39.7 Å². The number of likely N-dealkylation sites (tertiary alicyclic amines) is 1. The van der Waals surface area contributed by atoms with Gasteiger partial charge in [0.1, 0.15) is 0 Å². The van der Waals surface area contributed by atoms with Crippen LogP contribution in [0.25, 0.3) is 0 Å². The zero-order valence-corrected chi connectivity index (χ0v) is 13.7. The van der Waals surface area contributed by atoms with Crippen molar-refractivity contribution < 1.29 is 13.2 Å². The number of unbranched alkanes of at least 4 members (excludes halogenated alkanes) is 1. The Morgan fingerprint density at radius 2 is 2.05 bits per heavy atom. The van der Waals surface area contributed by atoms with Gasteiger partial charge >= 0.3 is 6.18 Å². The Morgan fingerprint density at radius 1 is 1.27 bits per heavy atom. The van der Waals surface area contributed by atoms with Crippen LogP contribution in [0.2, 0.25) is 0 Å². The van der Waals surface area contributed by atoms with Gasteiger partial charge in [-0.1, -0.05) is 19.8 Å². The van der Waals surface area contributed by atoms with Crippen LogP contribution >= 0.6 is 0 Å². The number of nitrogens with one attached hydrogen (secondary N) is 2. The van der Waals surface area contributed by atoms with Gasteiger partial charge in [-0.05, 0) is 32.4 Å². The molecule has 0 aliphatic carbocycles. The number of piperidine rings is 1. The highest BCUT2D eigenvalue weighted by molar-refractivity contribution is 5.79. The minimum Gasteiger partial charge on any atom is -0.356 e. The second-order valence-electron chi connectivity index (χ2n) is 5.78. The number of halogens is 3. The van der Waals surface area contributed by atoms with Crippen molar-refractivity contribution in [3.8, 4) is 0 Å². The average molecular weight is 322 g/mol. The minimum absolute atomic E-state index is 0.145. The molecule has 1 aliphatic rings. The summed E-state index contributed by atoms with van der Waals surface area (Å²) in [5, 5.41) is 5.89. The monoisotopic (exact) mass is 322 g/mol. The third kappa shape index (κ3) is 7.87. The summed E-state index contributed by atoms with van der Waals surface area (Å²) in [6.07, 6.45) is 0.975. The summed E-state index contributed by atoms with van der Waals surface area (Å²) in [6.45, 7) is 4.99. The van der Waals surface area contributed by atoms with E-state index in [2.05, 4.69) is 27.4 Å². The quantitative estimate of drug-likeness (QED) is 0.559.